The summed E-state index contributed by atoms with van der Waals surface area (Å²) in [4.78, 5) is 7.68. The fourth-order valence-corrected chi connectivity index (χ4v) is 4.00. The molecule has 0 bridgehead atoms. The third kappa shape index (κ3) is 3.86. The molecule has 0 radical (unpaired) electrons. The van der Waals surface area contributed by atoms with Gasteiger partial charge in [0, 0.05) is 30.6 Å². The molecule has 1 aliphatic rings. The highest BCUT2D eigenvalue weighted by atomic mass is 35.5. The van der Waals surface area contributed by atoms with Crippen LogP contribution in [0.1, 0.15) is 24.2 Å². The van der Waals surface area contributed by atoms with E-state index in [2.05, 4.69) is 60.5 Å². The minimum absolute atomic E-state index is 0. The van der Waals surface area contributed by atoms with Gasteiger partial charge in [-0.25, -0.2) is 0 Å². The number of nitrogens with zero attached hydrogens (tertiary/aromatic N) is 2. The highest BCUT2D eigenvalue weighted by molar-refractivity contribution is 5.92. The van der Waals surface area contributed by atoms with Crippen LogP contribution in [0, 0.1) is 6.92 Å². The van der Waals surface area contributed by atoms with E-state index in [4.69, 9.17) is 9.72 Å². The maximum absolute atomic E-state index is 5.31. The Morgan fingerprint density at radius 3 is 2.50 bits per heavy atom. The summed E-state index contributed by atoms with van der Waals surface area (Å²) in [5, 5.41) is 6.22. The molecular weight excluding hydrogens is 370 g/mol. The average molecular weight is 398 g/mol. The Bertz CT molecular complexity index is 942. The fraction of sp³-hybridized carbons (Fsp3) is 0.348. The number of benzene rings is 2. The van der Waals surface area contributed by atoms with Gasteiger partial charge in [-0.2, -0.15) is 0 Å². The Balaban J connectivity index is 0.00000225. The van der Waals surface area contributed by atoms with Crippen LogP contribution in [0.25, 0.3) is 22.0 Å². The van der Waals surface area contributed by atoms with Crippen molar-refractivity contribution in [1.82, 2.24) is 15.2 Å². The third-order valence-corrected chi connectivity index (χ3v) is 5.59. The molecule has 1 unspecified atom stereocenters. The van der Waals surface area contributed by atoms with Crippen molar-refractivity contribution in [3.63, 3.8) is 0 Å². The van der Waals surface area contributed by atoms with E-state index in [9.17, 15) is 0 Å². The molecule has 148 valence electrons. The van der Waals surface area contributed by atoms with Crippen LogP contribution in [0.2, 0.25) is 0 Å². The fourth-order valence-electron chi connectivity index (χ4n) is 4.00. The lowest BCUT2D eigenvalue weighted by molar-refractivity contribution is 0.209. The molecule has 1 saturated heterocycles. The lowest BCUT2D eigenvalue weighted by atomic mass is 9.96. The SMILES string of the molecule is CCN1CCNC(c2nc(-c3ccc(OC)cc3)c(C)c3ccccc23)C1.Cl. The quantitative estimate of drug-likeness (QED) is 0.697. The number of likely N-dealkylation sites (N-methyl/N-ethyl adjacent to an activating group) is 1. The van der Waals surface area contributed by atoms with Crippen molar-refractivity contribution in [3.8, 4) is 17.0 Å². The zero-order chi connectivity index (χ0) is 18.8. The molecule has 0 amide bonds. The summed E-state index contributed by atoms with van der Waals surface area (Å²) >= 11 is 0. The normalized spacial score (nSPS) is 17.3. The van der Waals surface area contributed by atoms with Crippen LogP contribution in [0.5, 0.6) is 5.75 Å². The van der Waals surface area contributed by atoms with E-state index in [-0.39, 0.29) is 18.4 Å². The number of methoxy groups -OCH3 is 1. The number of hydrogen-bond acceptors (Lipinski definition) is 4. The molecule has 0 saturated carbocycles. The monoisotopic (exact) mass is 397 g/mol. The second kappa shape index (κ2) is 8.91. The third-order valence-electron chi connectivity index (χ3n) is 5.59. The molecule has 1 fully saturated rings. The van der Waals surface area contributed by atoms with Crippen LogP contribution in [0.15, 0.2) is 48.5 Å². The molecule has 0 spiro atoms. The maximum Gasteiger partial charge on any atom is 0.118 e. The van der Waals surface area contributed by atoms with Crippen molar-refractivity contribution in [3.05, 3.63) is 59.8 Å². The van der Waals surface area contributed by atoms with Gasteiger partial charge in [-0.1, -0.05) is 31.2 Å². The number of nitrogens with one attached hydrogen (secondary N) is 1. The Kier molecular flexibility index (Phi) is 6.55. The predicted molar refractivity (Wildman–Crippen MR) is 119 cm³/mol. The number of piperazine rings is 1. The van der Waals surface area contributed by atoms with E-state index in [0.29, 0.717) is 0 Å². The number of hydrogen-bond donors (Lipinski definition) is 1. The number of halogens is 1. The lowest BCUT2D eigenvalue weighted by Gasteiger charge is -2.33. The van der Waals surface area contributed by atoms with E-state index in [1.807, 2.05) is 12.1 Å². The topological polar surface area (TPSA) is 37.4 Å². The van der Waals surface area contributed by atoms with Crippen molar-refractivity contribution in [1.29, 1.82) is 0 Å². The van der Waals surface area contributed by atoms with Crippen molar-refractivity contribution in [2.75, 3.05) is 33.3 Å². The number of aryl methyl sites for hydroxylation is 1. The van der Waals surface area contributed by atoms with Gasteiger partial charge in [0.25, 0.3) is 0 Å². The number of rotatable bonds is 4. The van der Waals surface area contributed by atoms with Crippen molar-refractivity contribution >= 4 is 23.2 Å². The van der Waals surface area contributed by atoms with Crippen LogP contribution in [-0.2, 0) is 0 Å². The molecule has 28 heavy (non-hydrogen) atoms. The molecule has 2 heterocycles. The second-order valence-electron chi connectivity index (χ2n) is 7.14. The largest absolute Gasteiger partial charge is 0.497 e. The smallest absolute Gasteiger partial charge is 0.118 e. The van der Waals surface area contributed by atoms with Crippen molar-refractivity contribution in [2.45, 2.75) is 19.9 Å². The van der Waals surface area contributed by atoms with Crippen LogP contribution in [-0.4, -0.2) is 43.2 Å². The first-order valence-electron chi connectivity index (χ1n) is 9.70. The molecule has 4 rings (SSSR count). The van der Waals surface area contributed by atoms with Gasteiger partial charge >= 0.3 is 0 Å². The Labute approximate surface area is 173 Å². The zero-order valence-corrected chi connectivity index (χ0v) is 17.6. The Morgan fingerprint density at radius 1 is 1.11 bits per heavy atom. The van der Waals surface area contributed by atoms with Crippen molar-refractivity contribution < 1.29 is 4.74 Å². The van der Waals surface area contributed by atoms with Gasteiger partial charge in [0.1, 0.15) is 5.75 Å². The second-order valence-corrected chi connectivity index (χ2v) is 7.14. The van der Waals surface area contributed by atoms with Gasteiger partial charge in [-0.05, 0) is 48.7 Å². The first kappa shape index (κ1) is 20.6. The molecule has 1 N–H and O–H groups in total. The Hall–Kier alpha value is -2.14. The molecule has 0 aliphatic carbocycles. The molecule has 4 nitrogen and oxygen atoms in total. The van der Waals surface area contributed by atoms with E-state index in [1.54, 1.807) is 7.11 Å². The number of ether oxygens (including phenoxy) is 1. The van der Waals surface area contributed by atoms with E-state index < -0.39 is 0 Å². The van der Waals surface area contributed by atoms with Gasteiger partial charge in [-0.3, -0.25) is 4.98 Å². The highest BCUT2D eigenvalue weighted by Gasteiger charge is 2.24. The standard InChI is InChI=1S/C23H27N3O.ClH/c1-4-26-14-13-24-21(15-26)23-20-8-6-5-7-19(20)16(2)22(25-23)17-9-11-18(27-3)12-10-17;/h5-12,21,24H,4,13-15H2,1-3H3;1H. The van der Waals surface area contributed by atoms with Crippen LogP contribution >= 0.6 is 12.4 Å². The van der Waals surface area contributed by atoms with E-state index in [1.165, 1.54) is 16.3 Å². The molecule has 1 aromatic heterocycles. The molecule has 5 heteroatoms. The molecular formula is C23H28ClN3O. The van der Waals surface area contributed by atoms with Gasteiger partial charge in [-0.15, -0.1) is 12.4 Å². The van der Waals surface area contributed by atoms with Crippen LogP contribution in [0.4, 0.5) is 0 Å². The minimum atomic E-state index is 0. The summed E-state index contributed by atoms with van der Waals surface area (Å²) < 4.78 is 5.31. The first-order chi connectivity index (χ1) is 13.2. The number of aromatic nitrogens is 1. The van der Waals surface area contributed by atoms with Crippen molar-refractivity contribution in [2.24, 2.45) is 0 Å². The average Bonchev–Trinajstić information content (AvgIpc) is 2.74. The molecule has 3 aromatic rings. The van der Waals surface area contributed by atoms with Gasteiger partial charge < -0.3 is 15.0 Å². The minimum Gasteiger partial charge on any atom is -0.497 e. The maximum atomic E-state index is 5.31. The number of fused-ring (bicyclic) bond motifs is 1. The summed E-state index contributed by atoms with van der Waals surface area (Å²) in [6, 6.07) is 17.1. The molecule has 1 atom stereocenters. The van der Waals surface area contributed by atoms with E-state index in [0.717, 1.165) is 48.9 Å². The molecule has 1 aliphatic heterocycles. The van der Waals surface area contributed by atoms with Gasteiger partial charge in [0.2, 0.25) is 0 Å². The van der Waals surface area contributed by atoms with Crippen LogP contribution < -0.4 is 10.1 Å². The predicted octanol–water partition coefficient (Wildman–Crippen LogP) is 4.61. The lowest BCUT2D eigenvalue weighted by Crippen LogP contribution is -2.45. The summed E-state index contributed by atoms with van der Waals surface area (Å²) in [6.45, 7) is 8.57. The summed E-state index contributed by atoms with van der Waals surface area (Å²) in [7, 11) is 1.70. The van der Waals surface area contributed by atoms with E-state index >= 15 is 0 Å². The van der Waals surface area contributed by atoms with Gasteiger partial charge in [0.15, 0.2) is 0 Å². The number of pyridine rings is 1. The Morgan fingerprint density at radius 2 is 1.82 bits per heavy atom. The van der Waals surface area contributed by atoms with Gasteiger partial charge in [0.05, 0.1) is 24.5 Å². The summed E-state index contributed by atoms with van der Waals surface area (Å²) in [5.41, 5.74) is 4.56. The molecule has 2 aromatic carbocycles. The summed E-state index contributed by atoms with van der Waals surface area (Å²) in [5.74, 6) is 0.866. The van der Waals surface area contributed by atoms with Crippen LogP contribution in [0.3, 0.4) is 0 Å². The first-order valence-corrected chi connectivity index (χ1v) is 9.70. The summed E-state index contributed by atoms with van der Waals surface area (Å²) in [6.07, 6.45) is 0. The zero-order valence-electron chi connectivity index (χ0n) is 16.7. The highest BCUT2D eigenvalue weighted by Crippen LogP contribution is 2.33.